The summed E-state index contributed by atoms with van der Waals surface area (Å²) in [5.74, 6) is -3.03. The average Bonchev–Trinajstić information content (AvgIpc) is 3.14. The highest BCUT2D eigenvalue weighted by Crippen LogP contribution is 2.22. The highest BCUT2D eigenvalue weighted by molar-refractivity contribution is 5.52. The first-order valence-electron chi connectivity index (χ1n) is 6.09. The summed E-state index contributed by atoms with van der Waals surface area (Å²) in [4.78, 5) is 0. The van der Waals surface area contributed by atoms with Gasteiger partial charge < -0.3 is 15.1 Å². The fraction of sp³-hybridized carbons (Fsp3) is 0.333. The number of nitrogens with zero attached hydrogens (tertiary/aromatic N) is 2. The normalized spacial score (nSPS) is 14.6. The predicted molar refractivity (Wildman–Crippen MR) is 63.8 cm³/mol. The van der Waals surface area contributed by atoms with Gasteiger partial charge in [-0.2, -0.15) is 0 Å². The first-order chi connectivity index (χ1) is 9.61. The molecule has 0 amide bonds. The Kier molecular flexibility index (Phi) is 3.31. The Morgan fingerprint density at radius 3 is 2.60 bits per heavy atom. The zero-order valence-electron chi connectivity index (χ0n) is 10.3. The molecule has 1 aromatic carbocycles. The van der Waals surface area contributed by atoms with E-state index >= 15 is 0 Å². The Hall–Kier alpha value is -2.09. The van der Waals surface area contributed by atoms with Crippen LogP contribution in [0.15, 0.2) is 16.5 Å². The summed E-state index contributed by atoms with van der Waals surface area (Å²) in [5, 5.41) is 13.0. The molecule has 106 valence electrons. The highest BCUT2D eigenvalue weighted by atomic mass is 19.2. The fourth-order valence-corrected chi connectivity index (χ4v) is 1.63. The molecular weight excluding hydrogens is 273 g/mol. The van der Waals surface area contributed by atoms with Crippen molar-refractivity contribution in [1.29, 1.82) is 0 Å². The van der Waals surface area contributed by atoms with Crippen molar-refractivity contribution >= 4 is 11.7 Å². The quantitative estimate of drug-likeness (QED) is 0.826. The van der Waals surface area contributed by atoms with E-state index in [1.165, 1.54) is 0 Å². The van der Waals surface area contributed by atoms with Gasteiger partial charge in [-0.1, -0.05) is 5.10 Å². The molecule has 2 N–H and O–H groups in total. The third kappa shape index (κ3) is 2.90. The first-order valence-corrected chi connectivity index (χ1v) is 6.09. The number of benzene rings is 1. The van der Waals surface area contributed by atoms with E-state index in [4.69, 9.17) is 4.42 Å². The number of rotatable bonds is 5. The molecule has 3 rings (SSSR count). The predicted octanol–water partition coefficient (Wildman–Crippen LogP) is 2.48. The second-order valence-corrected chi connectivity index (χ2v) is 4.53. The molecule has 0 bridgehead atoms. The standard InChI is InChI=1S/C12H11F3N4O/c13-7-3-9(15)10(4-8(7)14)17-12-19-18-11(20-12)5-16-6-1-2-6/h3-4,6,16H,1-2,5H2,(H,17,19). The minimum atomic E-state index is -1.26. The molecule has 0 unspecified atom stereocenters. The molecule has 1 aliphatic rings. The lowest BCUT2D eigenvalue weighted by Crippen LogP contribution is -2.15. The van der Waals surface area contributed by atoms with Crippen LogP contribution in [0.1, 0.15) is 18.7 Å². The molecular formula is C12H11F3N4O. The molecule has 0 saturated heterocycles. The van der Waals surface area contributed by atoms with Gasteiger partial charge in [0.1, 0.15) is 5.82 Å². The van der Waals surface area contributed by atoms with Gasteiger partial charge >= 0.3 is 6.01 Å². The lowest BCUT2D eigenvalue weighted by atomic mass is 10.3. The van der Waals surface area contributed by atoms with Crippen molar-refractivity contribution in [2.45, 2.75) is 25.4 Å². The Balaban J connectivity index is 1.69. The van der Waals surface area contributed by atoms with Crippen molar-refractivity contribution in [3.63, 3.8) is 0 Å². The van der Waals surface area contributed by atoms with E-state index < -0.39 is 17.5 Å². The molecule has 1 fully saturated rings. The van der Waals surface area contributed by atoms with Crippen LogP contribution in [0, 0.1) is 17.5 Å². The zero-order chi connectivity index (χ0) is 14.1. The molecule has 5 nitrogen and oxygen atoms in total. The van der Waals surface area contributed by atoms with Crippen LogP contribution >= 0.6 is 0 Å². The Labute approximate surface area is 112 Å². The lowest BCUT2D eigenvalue weighted by molar-refractivity contribution is 0.476. The summed E-state index contributed by atoms with van der Waals surface area (Å²) in [6, 6.07) is 1.55. The van der Waals surface area contributed by atoms with Crippen molar-refractivity contribution < 1.29 is 17.6 Å². The van der Waals surface area contributed by atoms with Gasteiger partial charge in [0, 0.05) is 18.2 Å². The third-order valence-corrected chi connectivity index (χ3v) is 2.84. The molecule has 0 aliphatic heterocycles. The molecule has 8 heteroatoms. The van der Waals surface area contributed by atoms with E-state index in [2.05, 4.69) is 20.8 Å². The van der Waals surface area contributed by atoms with Crippen LogP contribution in [-0.4, -0.2) is 16.2 Å². The Morgan fingerprint density at radius 1 is 1.10 bits per heavy atom. The maximum atomic E-state index is 13.4. The van der Waals surface area contributed by atoms with Crippen molar-refractivity contribution in [3.8, 4) is 0 Å². The molecule has 1 aromatic heterocycles. The highest BCUT2D eigenvalue weighted by Gasteiger charge is 2.21. The summed E-state index contributed by atoms with van der Waals surface area (Å²) in [6.45, 7) is 0.416. The minimum absolute atomic E-state index is 0.0810. The van der Waals surface area contributed by atoms with Crippen LogP contribution in [0.25, 0.3) is 0 Å². The number of hydrogen-bond donors (Lipinski definition) is 2. The van der Waals surface area contributed by atoms with Crippen molar-refractivity contribution in [3.05, 3.63) is 35.5 Å². The molecule has 1 aliphatic carbocycles. The Bertz CT molecular complexity index is 627. The summed E-state index contributed by atoms with van der Waals surface area (Å²) < 4.78 is 44.4. The van der Waals surface area contributed by atoms with Gasteiger partial charge in [-0.15, -0.1) is 5.10 Å². The van der Waals surface area contributed by atoms with E-state index in [1.54, 1.807) is 0 Å². The second kappa shape index (κ2) is 5.12. The molecule has 0 atom stereocenters. The fourth-order valence-electron chi connectivity index (χ4n) is 1.63. The smallest absolute Gasteiger partial charge is 0.320 e. The van der Waals surface area contributed by atoms with Gasteiger partial charge in [-0.05, 0) is 12.8 Å². The van der Waals surface area contributed by atoms with Crippen LogP contribution in [0.4, 0.5) is 24.9 Å². The SMILES string of the molecule is Fc1cc(F)c(Nc2nnc(CNC3CC3)o2)cc1F. The minimum Gasteiger partial charge on any atom is -0.406 e. The number of anilines is 2. The van der Waals surface area contributed by atoms with Gasteiger partial charge in [0.2, 0.25) is 5.89 Å². The van der Waals surface area contributed by atoms with Crippen molar-refractivity contribution in [1.82, 2.24) is 15.5 Å². The first kappa shape index (κ1) is 12.9. The molecule has 1 saturated carbocycles. The maximum absolute atomic E-state index is 13.4. The third-order valence-electron chi connectivity index (χ3n) is 2.84. The zero-order valence-corrected chi connectivity index (χ0v) is 10.3. The molecule has 2 aromatic rings. The number of halogens is 3. The van der Waals surface area contributed by atoms with Crippen LogP contribution in [0.2, 0.25) is 0 Å². The summed E-state index contributed by atoms with van der Waals surface area (Å²) in [5.41, 5.74) is -0.269. The van der Waals surface area contributed by atoms with Crippen LogP contribution in [0.3, 0.4) is 0 Å². The average molecular weight is 284 g/mol. The maximum Gasteiger partial charge on any atom is 0.320 e. The molecule has 0 radical (unpaired) electrons. The topological polar surface area (TPSA) is 63.0 Å². The van der Waals surface area contributed by atoms with E-state index in [-0.39, 0.29) is 11.7 Å². The van der Waals surface area contributed by atoms with Gasteiger partial charge in [0.25, 0.3) is 0 Å². The van der Waals surface area contributed by atoms with Gasteiger partial charge in [-0.3, -0.25) is 0 Å². The number of nitrogens with one attached hydrogen (secondary N) is 2. The number of hydrogen-bond acceptors (Lipinski definition) is 5. The summed E-state index contributed by atoms with van der Waals surface area (Å²) in [7, 11) is 0. The van der Waals surface area contributed by atoms with E-state index in [0.29, 0.717) is 30.6 Å². The second-order valence-electron chi connectivity index (χ2n) is 4.53. The van der Waals surface area contributed by atoms with E-state index in [9.17, 15) is 13.2 Å². The number of aromatic nitrogens is 2. The van der Waals surface area contributed by atoms with Crippen LogP contribution in [0.5, 0.6) is 0 Å². The summed E-state index contributed by atoms with van der Waals surface area (Å²) in [6.07, 6.45) is 2.25. The van der Waals surface area contributed by atoms with Gasteiger partial charge in [-0.25, -0.2) is 13.2 Å². The van der Waals surface area contributed by atoms with Crippen LogP contribution < -0.4 is 10.6 Å². The molecule has 0 spiro atoms. The van der Waals surface area contributed by atoms with Gasteiger partial charge in [0.15, 0.2) is 11.6 Å². The summed E-state index contributed by atoms with van der Waals surface area (Å²) >= 11 is 0. The van der Waals surface area contributed by atoms with E-state index in [1.807, 2.05) is 0 Å². The molecule has 20 heavy (non-hydrogen) atoms. The van der Waals surface area contributed by atoms with Crippen LogP contribution in [-0.2, 0) is 6.54 Å². The van der Waals surface area contributed by atoms with Crippen molar-refractivity contribution in [2.24, 2.45) is 0 Å². The lowest BCUT2D eigenvalue weighted by Gasteiger charge is -2.03. The monoisotopic (exact) mass is 284 g/mol. The molecule has 1 heterocycles. The van der Waals surface area contributed by atoms with E-state index in [0.717, 1.165) is 12.8 Å². The van der Waals surface area contributed by atoms with Gasteiger partial charge in [0.05, 0.1) is 12.2 Å². The Morgan fingerprint density at radius 2 is 1.85 bits per heavy atom. The largest absolute Gasteiger partial charge is 0.406 e. The van der Waals surface area contributed by atoms with Crippen molar-refractivity contribution in [2.75, 3.05) is 5.32 Å².